The lowest BCUT2D eigenvalue weighted by Crippen LogP contribution is -2.32. The fourth-order valence-electron chi connectivity index (χ4n) is 5.75. The average Bonchev–Trinajstić information content (AvgIpc) is 3.44. The number of halogens is 1. The van der Waals surface area contributed by atoms with Crippen LogP contribution in [0.5, 0.6) is 5.75 Å². The van der Waals surface area contributed by atoms with Crippen molar-refractivity contribution in [3.63, 3.8) is 0 Å². The van der Waals surface area contributed by atoms with E-state index in [2.05, 4.69) is 11.8 Å². The molecule has 2 heterocycles. The smallest absolute Gasteiger partial charge is 0.261 e. The summed E-state index contributed by atoms with van der Waals surface area (Å²) in [6.45, 7) is 6.25. The maximum Gasteiger partial charge on any atom is 0.261 e. The number of ether oxygens (including phenoxy) is 1. The summed E-state index contributed by atoms with van der Waals surface area (Å²) in [5.41, 5.74) is 0.794. The van der Waals surface area contributed by atoms with E-state index in [1.807, 2.05) is 22.8 Å². The first-order valence-corrected chi connectivity index (χ1v) is 15.5. The third-order valence-electron chi connectivity index (χ3n) is 8.09. The second-order valence-corrected chi connectivity index (χ2v) is 11.1. The van der Waals surface area contributed by atoms with E-state index in [9.17, 15) is 4.79 Å². The second kappa shape index (κ2) is 19.5. The number of nitrogens with zero attached hydrogens (tertiary/aromatic N) is 3. The van der Waals surface area contributed by atoms with Gasteiger partial charge in [-0.2, -0.15) is 0 Å². The molecule has 1 aromatic heterocycles. The molecule has 3 rings (SSSR count). The van der Waals surface area contributed by atoms with Gasteiger partial charge in [-0.15, -0.1) is 12.4 Å². The van der Waals surface area contributed by atoms with Gasteiger partial charge in [0.25, 0.3) is 5.56 Å². The zero-order valence-electron chi connectivity index (χ0n) is 24.4. The molecule has 6 heteroatoms. The number of methoxy groups -OCH3 is 1. The largest absolute Gasteiger partial charge is 0.494 e. The summed E-state index contributed by atoms with van der Waals surface area (Å²) in [5, 5.41) is 0.668. The quantitative estimate of drug-likeness (QED) is 0.156. The van der Waals surface area contributed by atoms with Crippen molar-refractivity contribution in [1.29, 1.82) is 0 Å². The third-order valence-corrected chi connectivity index (χ3v) is 8.09. The Bertz CT molecular complexity index is 956. The number of aryl methyl sites for hydroxylation is 1. The molecule has 1 saturated heterocycles. The fraction of sp³-hybridized carbons (Fsp3) is 0.750. The van der Waals surface area contributed by atoms with Gasteiger partial charge in [0, 0.05) is 19.5 Å². The molecule has 38 heavy (non-hydrogen) atoms. The van der Waals surface area contributed by atoms with Crippen molar-refractivity contribution in [2.45, 2.75) is 129 Å². The van der Waals surface area contributed by atoms with Gasteiger partial charge in [-0.25, -0.2) is 4.98 Å². The van der Waals surface area contributed by atoms with Crippen LogP contribution in [0, 0.1) is 0 Å². The van der Waals surface area contributed by atoms with Gasteiger partial charge in [0.2, 0.25) is 0 Å². The predicted octanol–water partition coefficient (Wildman–Crippen LogP) is 8.34. The van der Waals surface area contributed by atoms with Crippen LogP contribution in [0.3, 0.4) is 0 Å². The Kier molecular flexibility index (Phi) is 16.7. The van der Waals surface area contributed by atoms with Gasteiger partial charge >= 0.3 is 0 Å². The molecule has 0 amide bonds. The van der Waals surface area contributed by atoms with Crippen molar-refractivity contribution >= 4 is 23.3 Å². The number of para-hydroxylation sites is 1. The highest BCUT2D eigenvalue weighted by atomic mass is 35.5. The summed E-state index contributed by atoms with van der Waals surface area (Å²) in [5.74, 6) is 1.62. The Morgan fingerprint density at radius 2 is 1.34 bits per heavy atom. The molecule has 1 aliphatic heterocycles. The lowest BCUT2D eigenvalue weighted by molar-refractivity contribution is 0.317. The molecular formula is C32H54ClN3O2. The van der Waals surface area contributed by atoms with Crippen molar-refractivity contribution in [2.24, 2.45) is 0 Å². The number of hydrogen-bond donors (Lipinski definition) is 0. The Morgan fingerprint density at radius 1 is 0.789 bits per heavy atom. The van der Waals surface area contributed by atoms with Gasteiger partial charge in [0.05, 0.1) is 12.5 Å². The van der Waals surface area contributed by atoms with Crippen LogP contribution in [0.2, 0.25) is 0 Å². The molecule has 1 aliphatic rings. The summed E-state index contributed by atoms with van der Waals surface area (Å²) >= 11 is 0. The van der Waals surface area contributed by atoms with Gasteiger partial charge in [-0.3, -0.25) is 9.36 Å². The molecule has 0 unspecified atom stereocenters. The van der Waals surface area contributed by atoms with Gasteiger partial charge < -0.3 is 9.64 Å². The maximum atomic E-state index is 13.4. The van der Waals surface area contributed by atoms with Crippen LogP contribution in [-0.2, 0) is 13.0 Å². The van der Waals surface area contributed by atoms with Gasteiger partial charge in [-0.05, 0) is 44.5 Å². The van der Waals surface area contributed by atoms with E-state index < -0.39 is 0 Å². The van der Waals surface area contributed by atoms with Crippen LogP contribution in [0.4, 0.5) is 0 Å². The predicted molar refractivity (Wildman–Crippen MR) is 164 cm³/mol. The SMILES string of the molecule is CCCCCCCCCCCCCCCCCc1nc2c(OC)cccc2c(=O)n1CCN1CCCC1.Cl. The molecule has 0 radical (unpaired) electrons. The summed E-state index contributed by atoms with van der Waals surface area (Å²) in [6.07, 6.45) is 23.8. The maximum absolute atomic E-state index is 13.4. The molecular weight excluding hydrogens is 494 g/mol. The monoisotopic (exact) mass is 547 g/mol. The first kappa shape index (κ1) is 32.6. The standard InChI is InChI=1S/C32H53N3O2.ClH/c1-3-4-5-6-7-8-9-10-11-12-13-14-15-16-17-23-30-33-31-28(21-20-22-29(31)37-2)32(36)35(30)27-26-34-24-18-19-25-34;/h20-22H,3-19,23-27H2,1-2H3;1H. The highest BCUT2D eigenvalue weighted by molar-refractivity contribution is 5.85. The first-order chi connectivity index (χ1) is 18.2. The molecule has 0 atom stereocenters. The minimum Gasteiger partial charge on any atom is -0.494 e. The second-order valence-electron chi connectivity index (χ2n) is 11.1. The number of aromatic nitrogens is 2. The number of hydrogen-bond acceptors (Lipinski definition) is 4. The number of unbranched alkanes of at least 4 members (excludes halogenated alkanes) is 14. The molecule has 0 bridgehead atoms. The zero-order valence-corrected chi connectivity index (χ0v) is 25.2. The zero-order chi connectivity index (χ0) is 26.1. The third kappa shape index (κ3) is 10.9. The summed E-state index contributed by atoms with van der Waals surface area (Å²) in [7, 11) is 1.66. The summed E-state index contributed by atoms with van der Waals surface area (Å²) < 4.78 is 7.48. The Morgan fingerprint density at radius 3 is 1.89 bits per heavy atom. The summed E-state index contributed by atoms with van der Waals surface area (Å²) in [4.78, 5) is 20.9. The van der Waals surface area contributed by atoms with E-state index in [0.717, 1.165) is 44.8 Å². The van der Waals surface area contributed by atoms with E-state index in [1.165, 1.54) is 103 Å². The van der Waals surface area contributed by atoms with E-state index in [4.69, 9.17) is 9.72 Å². The van der Waals surface area contributed by atoms with Crippen LogP contribution in [0.1, 0.15) is 122 Å². The highest BCUT2D eigenvalue weighted by Gasteiger charge is 2.16. The molecule has 216 valence electrons. The minimum atomic E-state index is 0. The topological polar surface area (TPSA) is 47.4 Å². The van der Waals surface area contributed by atoms with Crippen LogP contribution in [-0.4, -0.2) is 41.2 Å². The van der Waals surface area contributed by atoms with E-state index in [-0.39, 0.29) is 18.0 Å². The molecule has 2 aromatic rings. The van der Waals surface area contributed by atoms with E-state index >= 15 is 0 Å². The van der Waals surface area contributed by atoms with Crippen LogP contribution in [0.25, 0.3) is 10.9 Å². The van der Waals surface area contributed by atoms with Crippen molar-refractivity contribution in [3.05, 3.63) is 34.4 Å². The molecule has 5 nitrogen and oxygen atoms in total. The van der Waals surface area contributed by atoms with E-state index in [1.54, 1.807) is 7.11 Å². The fourth-order valence-corrected chi connectivity index (χ4v) is 5.75. The van der Waals surface area contributed by atoms with Gasteiger partial charge in [-0.1, -0.05) is 103 Å². The first-order valence-electron chi connectivity index (χ1n) is 15.5. The molecule has 1 fully saturated rings. The number of fused-ring (bicyclic) bond motifs is 1. The molecule has 1 aromatic carbocycles. The molecule has 0 saturated carbocycles. The Balaban J connectivity index is 0.00000507. The number of rotatable bonds is 20. The lowest BCUT2D eigenvalue weighted by Gasteiger charge is -2.18. The Hall–Kier alpha value is -1.59. The van der Waals surface area contributed by atoms with E-state index in [0.29, 0.717) is 16.7 Å². The highest BCUT2D eigenvalue weighted by Crippen LogP contribution is 2.22. The van der Waals surface area contributed by atoms with Crippen LogP contribution in [0.15, 0.2) is 23.0 Å². The van der Waals surface area contributed by atoms with Gasteiger partial charge in [0.15, 0.2) is 0 Å². The average molecular weight is 548 g/mol. The van der Waals surface area contributed by atoms with Crippen LogP contribution < -0.4 is 10.3 Å². The van der Waals surface area contributed by atoms with Crippen molar-refractivity contribution in [3.8, 4) is 5.75 Å². The van der Waals surface area contributed by atoms with Crippen molar-refractivity contribution in [2.75, 3.05) is 26.7 Å². The summed E-state index contributed by atoms with van der Waals surface area (Å²) in [6, 6.07) is 5.68. The molecule has 0 spiro atoms. The lowest BCUT2D eigenvalue weighted by atomic mass is 10.0. The van der Waals surface area contributed by atoms with Gasteiger partial charge in [0.1, 0.15) is 17.1 Å². The van der Waals surface area contributed by atoms with Crippen molar-refractivity contribution in [1.82, 2.24) is 14.5 Å². The normalized spacial score (nSPS) is 13.7. The number of likely N-dealkylation sites (tertiary alicyclic amines) is 1. The molecule has 0 N–H and O–H groups in total. The minimum absolute atomic E-state index is 0. The molecule has 0 aliphatic carbocycles. The van der Waals surface area contributed by atoms with Crippen LogP contribution >= 0.6 is 12.4 Å². The Labute approximate surface area is 238 Å². The van der Waals surface area contributed by atoms with Crippen molar-refractivity contribution < 1.29 is 4.74 Å². The number of benzene rings is 1.